The number of hydrogen-bond acceptors (Lipinski definition) is 1. The Balaban J connectivity index is 0.00000120. The number of allylic oxidation sites excluding steroid dienone is 4. The number of para-hydroxylation sites is 1. The van der Waals surface area contributed by atoms with E-state index in [0.717, 1.165) is 11.9 Å². The third-order valence-electron chi connectivity index (χ3n) is 5.46. The predicted molar refractivity (Wildman–Crippen MR) is 110 cm³/mol. The number of halogens is 2. The zero-order valence-electron chi connectivity index (χ0n) is 15.8. The molecule has 3 aromatic carbocycles. The summed E-state index contributed by atoms with van der Waals surface area (Å²) in [5.41, 5.74) is 7.70. The quantitative estimate of drug-likeness (QED) is 0.430. The van der Waals surface area contributed by atoms with Gasteiger partial charge in [0.15, 0.2) is 0 Å². The number of hydrogen-bond donors (Lipinski definition) is 0. The van der Waals surface area contributed by atoms with Crippen LogP contribution in [0.5, 0.6) is 0 Å². The Labute approximate surface area is 191 Å². The van der Waals surface area contributed by atoms with E-state index in [2.05, 4.69) is 94.9 Å². The largest absolute Gasteiger partial charge is 1.00 e. The van der Waals surface area contributed by atoms with Gasteiger partial charge in [0.05, 0.1) is 0 Å². The molecule has 0 spiro atoms. The smallest absolute Gasteiger partial charge is 1.00 e. The average Bonchev–Trinajstić information content (AvgIpc) is 3.01. The Hall–Kier alpha value is -2.08. The van der Waals surface area contributed by atoms with Crippen LogP contribution in [-0.4, -0.2) is 4.98 Å². The first-order valence-corrected chi connectivity index (χ1v) is 9.80. The molecule has 0 radical (unpaired) electrons. The van der Waals surface area contributed by atoms with Gasteiger partial charge in [0, 0.05) is 0 Å². The molecule has 0 N–H and O–H groups in total. The molecule has 0 atom stereocenters. The van der Waals surface area contributed by atoms with Crippen LogP contribution in [0.1, 0.15) is 24.5 Å². The topological polar surface area (TPSA) is 12.9 Å². The summed E-state index contributed by atoms with van der Waals surface area (Å²) >= 11 is 3.35. The van der Waals surface area contributed by atoms with E-state index in [9.17, 15) is 0 Å². The van der Waals surface area contributed by atoms with Crippen molar-refractivity contribution in [2.24, 2.45) is 0 Å². The van der Waals surface area contributed by atoms with E-state index in [1.54, 1.807) is 0 Å². The molecule has 0 bridgehead atoms. The molecule has 1 nitrogen and oxygen atoms in total. The second-order valence-corrected chi connectivity index (χ2v) is 7.76. The summed E-state index contributed by atoms with van der Waals surface area (Å²) in [5, 5.41) is 3.78. The minimum absolute atomic E-state index is 0. The van der Waals surface area contributed by atoms with Crippen molar-refractivity contribution in [3.05, 3.63) is 100 Å². The maximum atomic E-state index is 4.67. The molecule has 0 aliphatic heterocycles. The molecule has 1 aliphatic carbocycles. The Bertz CT molecular complexity index is 1260. The van der Waals surface area contributed by atoms with Crippen LogP contribution in [0.25, 0.3) is 32.8 Å². The second kappa shape index (κ2) is 8.74. The van der Waals surface area contributed by atoms with Gasteiger partial charge in [0.1, 0.15) is 0 Å². The summed E-state index contributed by atoms with van der Waals surface area (Å²) < 4.78 is 1.31. The van der Waals surface area contributed by atoms with E-state index < -0.39 is 0 Å². The number of aromatic nitrogens is 1. The number of pyridine rings is 1. The van der Waals surface area contributed by atoms with Gasteiger partial charge < -0.3 is 24.8 Å². The Kier molecular flexibility index (Phi) is 6.52. The molecular weight excluding hydrogens is 437 g/mol. The third kappa shape index (κ3) is 3.63. The monoisotopic (exact) mass is 454 g/mol. The fraction of sp³-hybridized carbons (Fsp3) is 0.0800. The van der Waals surface area contributed by atoms with Crippen LogP contribution >= 0.6 is 0 Å². The van der Waals surface area contributed by atoms with Crippen LogP contribution in [0.3, 0.4) is 0 Å². The zero-order valence-corrected chi connectivity index (χ0v) is 18.6. The molecule has 0 saturated carbocycles. The average molecular weight is 455 g/mol. The van der Waals surface area contributed by atoms with Crippen LogP contribution in [0.15, 0.2) is 89.0 Å². The normalized spacial score (nSPS) is 13.5. The predicted octanol–water partition coefficient (Wildman–Crippen LogP) is 0.531. The van der Waals surface area contributed by atoms with E-state index in [-0.39, 0.29) is 24.8 Å². The van der Waals surface area contributed by atoms with Crippen molar-refractivity contribution in [3.63, 3.8) is 0 Å². The molecule has 29 heavy (non-hydrogen) atoms. The van der Waals surface area contributed by atoms with Crippen molar-refractivity contribution in [2.45, 2.75) is 13.3 Å². The molecular formula is C25H18Cl2CrN. The summed E-state index contributed by atoms with van der Waals surface area (Å²) in [5.74, 6) is 0. The Morgan fingerprint density at radius 1 is 0.759 bits per heavy atom. The SMILES string of the molecule is CC1=C(c2cccc3cccnc23)C[C]([Cr+2])=C1c1cccc2ccccc12.[Cl-].[Cl-]. The first-order valence-electron chi connectivity index (χ1n) is 9.16. The van der Waals surface area contributed by atoms with Crippen molar-refractivity contribution in [1.29, 1.82) is 0 Å². The number of rotatable bonds is 2. The first kappa shape index (κ1) is 21.6. The van der Waals surface area contributed by atoms with E-state index in [1.807, 2.05) is 12.3 Å². The van der Waals surface area contributed by atoms with Gasteiger partial charge in [-0.05, 0) is 0 Å². The maximum absolute atomic E-state index is 4.67. The summed E-state index contributed by atoms with van der Waals surface area (Å²) in [4.78, 5) is 4.67. The summed E-state index contributed by atoms with van der Waals surface area (Å²) in [6, 6.07) is 25.8. The van der Waals surface area contributed by atoms with Crippen LogP contribution in [0.4, 0.5) is 0 Å². The number of benzene rings is 3. The second-order valence-electron chi connectivity index (χ2n) is 6.99. The molecule has 0 fully saturated rings. The number of fused-ring (bicyclic) bond motifs is 2. The molecule has 1 aliphatic rings. The van der Waals surface area contributed by atoms with Crippen molar-refractivity contribution < 1.29 is 41.1 Å². The molecule has 1 heterocycles. The van der Waals surface area contributed by atoms with Crippen LogP contribution in [0.2, 0.25) is 0 Å². The van der Waals surface area contributed by atoms with Crippen molar-refractivity contribution in [3.8, 4) is 0 Å². The molecule has 143 valence electrons. The fourth-order valence-electron chi connectivity index (χ4n) is 4.18. The van der Waals surface area contributed by atoms with Crippen molar-refractivity contribution in [2.75, 3.05) is 0 Å². The van der Waals surface area contributed by atoms with Gasteiger partial charge in [-0.3, -0.25) is 0 Å². The standard InChI is InChI=1S/C25H18N.2ClH.Cr/c1-17-20(23-12-4-8-18-7-2-3-11-22(18)23)14-15-21(17)24-13-5-9-19-10-6-16-26-25(19)24;;;/h2-13,16H,15H2,1H3;2*1H;/q;;;+2/p-2. The van der Waals surface area contributed by atoms with Crippen molar-refractivity contribution >= 4 is 32.8 Å². The summed E-state index contributed by atoms with van der Waals surface area (Å²) in [7, 11) is 0. The molecule has 4 aromatic rings. The summed E-state index contributed by atoms with van der Waals surface area (Å²) in [6.45, 7) is 2.25. The molecule has 4 heteroatoms. The van der Waals surface area contributed by atoms with Gasteiger partial charge in [-0.2, -0.15) is 0 Å². The minimum Gasteiger partial charge on any atom is -1.00 e. The number of nitrogens with zero attached hydrogens (tertiary/aromatic N) is 1. The maximum Gasteiger partial charge on any atom is -1.00 e. The third-order valence-corrected chi connectivity index (χ3v) is 6.00. The van der Waals surface area contributed by atoms with Crippen LogP contribution in [-0.2, 0) is 16.3 Å². The molecule has 0 saturated heterocycles. The van der Waals surface area contributed by atoms with Crippen LogP contribution in [0, 0.1) is 0 Å². The van der Waals surface area contributed by atoms with Gasteiger partial charge in [0.2, 0.25) is 0 Å². The first-order chi connectivity index (χ1) is 13.2. The zero-order chi connectivity index (χ0) is 18.4. The summed E-state index contributed by atoms with van der Waals surface area (Å²) in [6.07, 6.45) is 2.81. The van der Waals surface area contributed by atoms with Gasteiger partial charge >= 0.3 is 168 Å². The van der Waals surface area contributed by atoms with Crippen molar-refractivity contribution in [1.82, 2.24) is 4.98 Å². The van der Waals surface area contributed by atoms with Gasteiger partial charge in [0.25, 0.3) is 0 Å². The van der Waals surface area contributed by atoms with Gasteiger partial charge in [-0.1, -0.05) is 0 Å². The fourth-order valence-corrected chi connectivity index (χ4v) is 4.82. The molecule has 1 aromatic heterocycles. The van der Waals surface area contributed by atoms with E-state index in [0.29, 0.717) is 0 Å². The van der Waals surface area contributed by atoms with Gasteiger partial charge in [-0.25, -0.2) is 0 Å². The van der Waals surface area contributed by atoms with E-state index in [1.165, 1.54) is 48.4 Å². The van der Waals surface area contributed by atoms with Crippen LogP contribution < -0.4 is 24.8 Å². The Morgan fingerprint density at radius 2 is 1.41 bits per heavy atom. The van der Waals surface area contributed by atoms with E-state index in [4.69, 9.17) is 0 Å². The minimum atomic E-state index is 0. The van der Waals surface area contributed by atoms with E-state index >= 15 is 0 Å². The molecule has 5 rings (SSSR count). The Morgan fingerprint density at radius 3 is 2.24 bits per heavy atom. The molecule has 0 unspecified atom stereocenters. The van der Waals surface area contributed by atoms with Gasteiger partial charge in [-0.15, -0.1) is 0 Å². The molecule has 0 amide bonds.